The highest BCUT2D eigenvalue weighted by atomic mass is 32.1. The molecule has 9 nitrogen and oxygen atoms in total. The molecule has 0 radical (unpaired) electrons. The van der Waals surface area contributed by atoms with Crippen molar-refractivity contribution < 1.29 is 18.7 Å². The van der Waals surface area contributed by atoms with Crippen LogP contribution in [0.25, 0.3) is 22.0 Å². The van der Waals surface area contributed by atoms with Gasteiger partial charge < -0.3 is 15.3 Å². The fourth-order valence-electron chi connectivity index (χ4n) is 3.90. The van der Waals surface area contributed by atoms with Crippen LogP contribution in [0.1, 0.15) is 12.0 Å². The van der Waals surface area contributed by atoms with Crippen LogP contribution in [0, 0.1) is 0 Å². The molecule has 0 saturated carbocycles. The topological polar surface area (TPSA) is 109 Å². The van der Waals surface area contributed by atoms with Crippen LogP contribution in [0.5, 0.6) is 0 Å². The van der Waals surface area contributed by atoms with Gasteiger partial charge in [0.1, 0.15) is 17.2 Å². The van der Waals surface area contributed by atoms with Crippen LogP contribution in [-0.2, 0) is 16.9 Å². The zero-order chi connectivity index (χ0) is 24.6. The van der Waals surface area contributed by atoms with E-state index >= 15 is 0 Å². The third kappa shape index (κ3) is 4.62. The molecule has 1 fully saturated rings. The molecule has 3 aromatic heterocycles. The van der Waals surface area contributed by atoms with Crippen LogP contribution in [0.4, 0.5) is 20.5 Å². The van der Waals surface area contributed by atoms with Gasteiger partial charge >= 0.3 is 0 Å². The largest absolute Gasteiger partial charge is 0.375 e. The first-order chi connectivity index (χ1) is 16.8. The Kier molecular flexibility index (Phi) is 5.99. The average Bonchev–Trinajstić information content (AvgIpc) is 3.57. The Morgan fingerprint density at radius 3 is 2.86 bits per heavy atom. The summed E-state index contributed by atoms with van der Waals surface area (Å²) >= 11 is 1.41. The predicted octanol–water partition coefficient (Wildman–Crippen LogP) is 3.52. The molecule has 1 aliphatic heterocycles. The van der Waals surface area contributed by atoms with Crippen LogP contribution in [0.3, 0.4) is 0 Å². The lowest BCUT2D eigenvalue weighted by atomic mass is 9.91. The van der Waals surface area contributed by atoms with E-state index in [-0.39, 0.29) is 11.9 Å². The number of aromatic nitrogens is 5. The van der Waals surface area contributed by atoms with Crippen LogP contribution in [0.15, 0.2) is 54.2 Å². The maximum Gasteiger partial charge on any atom is 0.258 e. The van der Waals surface area contributed by atoms with E-state index in [1.807, 2.05) is 11.4 Å². The third-order valence-corrected chi connectivity index (χ3v) is 6.62. The molecule has 1 aliphatic rings. The van der Waals surface area contributed by atoms with E-state index in [1.54, 1.807) is 43.6 Å². The van der Waals surface area contributed by atoms with Crippen LogP contribution in [-0.4, -0.2) is 60.7 Å². The Morgan fingerprint density at radius 1 is 1.23 bits per heavy atom. The number of carbonyl (C=O) groups excluding carboxylic acids is 1. The number of thiazole rings is 1. The van der Waals surface area contributed by atoms with Gasteiger partial charge in [0.05, 0.1) is 5.69 Å². The van der Waals surface area contributed by atoms with Crippen LogP contribution in [0.2, 0.25) is 0 Å². The maximum absolute atomic E-state index is 12.5. The molecule has 2 N–H and O–H groups in total. The Morgan fingerprint density at radius 2 is 2.09 bits per heavy atom. The molecule has 1 aromatic carbocycles. The number of alkyl halides is 2. The SMILES string of the molecule is CN1CC[C@@](O)(c2cccc(-c3nc(-c4ccnc(Nc5ccn(CC(F)F)n5)n4)cs3)c2)C1=O. The molecule has 1 atom stereocenters. The molecule has 0 aliphatic carbocycles. The summed E-state index contributed by atoms with van der Waals surface area (Å²) in [6, 6.07) is 10.5. The highest BCUT2D eigenvalue weighted by molar-refractivity contribution is 7.13. The van der Waals surface area contributed by atoms with Crippen LogP contribution >= 0.6 is 11.3 Å². The predicted molar refractivity (Wildman–Crippen MR) is 126 cm³/mol. The van der Waals surface area contributed by atoms with Crippen LogP contribution < -0.4 is 5.32 Å². The van der Waals surface area contributed by atoms with Gasteiger partial charge in [0.25, 0.3) is 12.3 Å². The molecule has 1 saturated heterocycles. The van der Waals surface area contributed by atoms with Gasteiger partial charge in [-0.1, -0.05) is 18.2 Å². The second-order valence-corrected chi connectivity index (χ2v) is 9.02. The summed E-state index contributed by atoms with van der Waals surface area (Å²) in [6.07, 6.45) is 0.863. The number of likely N-dealkylation sites (tertiary alicyclic amines) is 1. The monoisotopic (exact) mass is 497 g/mol. The molecule has 1 amide bonds. The Hall–Kier alpha value is -3.77. The number of hydrogen-bond donors (Lipinski definition) is 2. The Bertz CT molecular complexity index is 1380. The number of anilines is 2. The number of amides is 1. The minimum atomic E-state index is -2.50. The standard InChI is InChI=1S/C23H21F2N7O2S/c1-31-10-7-23(34,21(31)33)15-4-2-3-14(11-15)20-27-17(13-35-20)16-5-8-26-22(28-16)29-19-6-9-32(30-19)12-18(24)25/h2-6,8-9,11,13,18,34H,7,10,12H2,1H3,(H,26,28,29,30)/t23-/m1/s1. The lowest BCUT2D eigenvalue weighted by molar-refractivity contribution is -0.143. The fraction of sp³-hybridized carbons (Fsp3) is 0.261. The first kappa shape index (κ1) is 23.0. The quantitative estimate of drug-likeness (QED) is 0.402. The second-order valence-electron chi connectivity index (χ2n) is 8.16. The van der Waals surface area contributed by atoms with Crippen molar-refractivity contribution in [2.75, 3.05) is 18.9 Å². The summed E-state index contributed by atoms with van der Waals surface area (Å²) in [5.74, 6) is 0.297. The van der Waals surface area contributed by atoms with Gasteiger partial charge in [-0.15, -0.1) is 11.3 Å². The number of carbonyl (C=O) groups is 1. The molecular weight excluding hydrogens is 476 g/mol. The van der Waals surface area contributed by atoms with Gasteiger partial charge in [0.2, 0.25) is 5.95 Å². The zero-order valence-corrected chi connectivity index (χ0v) is 19.4. The summed E-state index contributed by atoms with van der Waals surface area (Å²) in [6.45, 7) is 0.00511. The third-order valence-electron chi connectivity index (χ3n) is 5.72. The minimum absolute atomic E-state index is 0.257. The number of likely N-dealkylation sites (N-methyl/N-ethyl adjacent to an activating group) is 1. The minimum Gasteiger partial charge on any atom is -0.375 e. The molecule has 4 aromatic rings. The number of aliphatic hydroxyl groups is 1. The summed E-state index contributed by atoms with van der Waals surface area (Å²) < 4.78 is 26.2. The van der Waals surface area contributed by atoms with Gasteiger partial charge in [0, 0.05) is 49.4 Å². The summed E-state index contributed by atoms with van der Waals surface area (Å²) in [7, 11) is 1.68. The van der Waals surface area contributed by atoms with E-state index in [4.69, 9.17) is 0 Å². The van der Waals surface area contributed by atoms with Gasteiger partial charge in [-0.05, 0) is 17.7 Å². The van der Waals surface area contributed by atoms with Gasteiger partial charge in [-0.3, -0.25) is 9.48 Å². The number of hydrogen-bond acceptors (Lipinski definition) is 8. The molecule has 180 valence electrons. The molecule has 12 heteroatoms. The highest BCUT2D eigenvalue weighted by Crippen LogP contribution is 2.36. The van der Waals surface area contributed by atoms with E-state index in [0.717, 1.165) is 10.2 Å². The number of nitrogens with one attached hydrogen (secondary N) is 1. The van der Waals surface area contributed by atoms with E-state index in [0.29, 0.717) is 40.7 Å². The van der Waals surface area contributed by atoms with Crippen molar-refractivity contribution in [2.45, 2.75) is 25.0 Å². The van der Waals surface area contributed by atoms with Crippen molar-refractivity contribution in [3.05, 3.63) is 59.7 Å². The number of halogens is 2. The molecule has 35 heavy (non-hydrogen) atoms. The smallest absolute Gasteiger partial charge is 0.258 e. The summed E-state index contributed by atoms with van der Waals surface area (Å²) in [4.78, 5) is 27.3. The maximum atomic E-state index is 12.5. The molecular formula is C23H21F2N7O2S. The van der Waals surface area contributed by atoms with Crippen molar-refractivity contribution in [1.29, 1.82) is 0 Å². The number of benzene rings is 1. The molecule has 0 spiro atoms. The molecule has 0 unspecified atom stereocenters. The molecule has 4 heterocycles. The van der Waals surface area contributed by atoms with Crippen molar-refractivity contribution >= 4 is 29.0 Å². The van der Waals surface area contributed by atoms with E-state index in [2.05, 4.69) is 25.4 Å². The number of nitrogens with zero attached hydrogens (tertiary/aromatic N) is 6. The normalized spacial score (nSPS) is 18.0. The van der Waals surface area contributed by atoms with Gasteiger partial charge in [-0.25, -0.2) is 23.7 Å². The van der Waals surface area contributed by atoms with E-state index in [9.17, 15) is 18.7 Å². The summed E-state index contributed by atoms with van der Waals surface area (Å²) in [5.41, 5.74) is 0.992. The van der Waals surface area contributed by atoms with Crippen molar-refractivity contribution in [2.24, 2.45) is 0 Å². The highest BCUT2D eigenvalue weighted by Gasteiger charge is 2.45. The first-order valence-corrected chi connectivity index (χ1v) is 11.7. The lowest BCUT2D eigenvalue weighted by Crippen LogP contribution is -2.36. The van der Waals surface area contributed by atoms with Crippen molar-refractivity contribution in [3.8, 4) is 22.0 Å². The fourth-order valence-corrected chi connectivity index (χ4v) is 4.71. The Labute approximate surface area is 203 Å². The first-order valence-electron chi connectivity index (χ1n) is 10.8. The zero-order valence-electron chi connectivity index (χ0n) is 18.6. The van der Waals surface area contributed by atoms with Crippen molar-refractivity contribution in [3.63, 3.8) is 0 Å². The van der Waals surface area contributed by atoms with Gasteiger partial charge in [-0.2, -0.15) is 5.10 Å². The summed E-state index contributed by atoms with van der Waals surface area (Å²) in [5, 5.41) is 20.5. The van der Waals surface area contributed by atoms with E-state index < -0.39 is 18.6 Å². The van der Waals surface area contributed by atoms with Gasteiger partial charge in [0.15, 0.2) is 11.4 Å². The Balaban J connectivity index is 1.36. The molecule has 5 rings (SSSR count). The van der Waals surface area contributed by atoms with E-state index in [1.165, 1.54) is 22.4 Å². The van der Waals surface area contributed by atoms with Crippen molar-refractivity contribution in [1.82, 2.24) is 29.6 Å². The average molecular weight is 498 g/mol. The number of rotatable bonds is 7. The molecule has 0 bridgehead atoms. The second kappa shape index (κ2) is 9.12. The lowest BCUT2D eigenvalue weighted by Gasteiger charge is -2.21.